The maximum absolute atomic E-state index is 11.7. The number of hydrogen-bond acceptors (Lipinski definition) is 7. The molecule has 1 unspecified atom stereocenters. The van der Waals surface area contributed by atoms with Crippen molar-refractivity contribution in [2.24, 2.45) is 0 Å². The summed E-state index contributed by atoms with van der Waals surface area (Å²) < 4.78 is 30.1. The van der Waals surface area contributed by atoms with Gasteiger partial charge >= 0.3 is 0 Å². The fourth-order valence-electron chi connectivity index (χ4n) is 2.70. The SMILES string of the molecule is CS(=O)(=O)N1CCCC(c2nc(-c3ccc([N+](=O)[O-])cc3)no2)C1. The van der Waals surface area contributed by atoms with Gasteiger partial charge in [-0.2, -0.15) is 4.98 Å². The van der Waals surface area contributed by atoms with Gasteiger partial charge in [0.2, 0.25) is 21.7 Å². The Morgan fingerprint density at radius 2 is 2.04 bits per heavy atom. The van der Waals surface area contributed by atoms with E-state index in [1.807, 2.05) is 0 Å². The number of nitro groups is 1. The number of piperidine rings is 1. The number of hydrogen-bond donors (Lipinski definition) is 0. The zero-order chi connectivity index (χ0) is 17.3. The molecule has 0 saturated carbocycles. The van der Waals surface area contributed by atoms with Crippen LogP contribution in [-0.2, 0) is 10.0 Å². The Kier molecular flexibility index (Phi) is 4.33. The molecule has 0 bridgehead atoms. The molecule has 1 atom stereocenters. The summed E-state index contributed by atoms with van der Waals surface area (Å²) in [6.45, 7) is 0.819. The third kappa shape index (κ3) is 3.44. The third-order valence-corrected chi connectivity index (χ3v) is 5.25. The molecule has 0 amide bonds. The minimum Gasteiger partial charge on any atom is -0.339 e. The van der Waals surface area contributed by atoms with Crippen LogP contribution in [0.3, 0.4) is 0 Å². The highest BCUT2D eigenvalue weighted by Gasteiger charge is 2.30. The second-order valence-corrected chi connectivity index (χ2v) is 7.70. The Bertz CT molecular complexity index is 846. The van der Waals surface area contributed by atoms with E-state index in [2.05, 4.69) is 10.1 Å². The van der Waals surface area contributed by atoms with Gasteiger partial charge in [-0.3, -0.25) is 10.1 Å². The predicted octanol–water partition coefficient (Wildman–Crippen LogP) is 1.78. The molecule has 0 N–H and O–H groups in total. The zero-order valence-corrected chi connectivity index (χ0v) is 13.8. The first-order valence-corrected chi connectivity index (χ1v) is 9.23. The maximum atomic E-state index is 11.7. The molecule has 2 aromatic rings. The third-order valence-electron chi connectivity index (χ3n) is 3.98. The summed E-state index contributed by atoms with van der Waals surface area (Å²) in [4.78, 5) is 14.5. The van der Waals surface area contributed by atoms with Crippen LogP contribution in [0.25, 0.3) is 11.4 Å². The van der Waals surface area contributed by atoms with Crippen molar-refractivity contribution in [3.8, 4) is 11.4 Å². The quantitative estimate of drug-likeness (QED) is 0.607. The zero-order valence-electron chi connectivity index (χ0n) is 13.0. The standard InChI is InChI=1S/C14H16N4O5S/c1-24(21,22)17-8-2-3-11(9-17)14-15-13(16-23-14)10-4-6-12(7-5-10)18(19)20/h4-7,11H,2-3,8-9H2,1H3. The molecular weight excluding hydrogens is 336 g/mol. The van der Waals surface area contributed by atoms with Crippen molar-refractivity contribution >= 4 is 15.7 Å². The predicted molar refractivity (Wildman–Crippen MR) is 84.8 cm³/mol. The molecule has 1 aliphatic heterocycles. The van der Waals surface area contributed by atoms with E-state index in [4.69, 9.17) is 4.52 Å². The largest absolute Gasteiger partial charge is 0.339 e. The molecule has 1 aliphatic rings. The Morgan fingerprint density at radius 3 is 2.67 bits per heavy atom. The van der Waals surface area contributed by atoms with E-state index in [1.54, 1.807) is 12.1 Å². The number of non-ortho nitro benzene ring substituents is 1. The van der Waals surface area contributed by atoms with E-state index in [9.17, 15) is 18.5 Å². The van der Waals surface area contributed by atoms with Crippen molar-refractivity contribution in [2.45, 2.75) is 18.8 Å². The van der Waals surface area contributed by atoms with Gasteiger partial charge in [0.1, 0.15) is 0 Å². The van der Waals surface area contributed by atoms with Crippen LogP contribution in [0.15, 0.2) is 28.8 Å². The highest BCUT2D eigenvalue weighted by Crippen LogP contribution is 2.29. The average Bonchev–Trinajstić information content (AvgIpc) is 3.04. The first kappa shape index (κ1) is 16.5. The van der Waals surface area contributed by atoms with Crippen molar-refractivity contribution in [3.63, 3.8) is 0 Å². The molecule has 2 heterocycles. The Hall–Kier alpha value is -2.33. The second kappa shape index (κ2) is 6.29. The summed E-state index contributed by atoms with van der Waals surface area (Å²) in [7, 11) is -3.25. The number of sulfonamides is 1. The van der Waals surface area contributed by atoms with Crippen molar-refractivity contribution in [1.29, 1.82) is 0 Å². The lowest BCUT2D eigenvalue weighted by Gasteiger charge is -2.28. The van der Waals surface area contributed by atoms with Crippen molar-refractivity contribution in [2.75, 3.05) is 19.3 Å². The average molecular weight is 352 g/mol. The van der Waals surface area contributed by atoms with E-state index in [0.29, 0.717) is 30.4 Å². The molecule has 1 fully saturated rings. The maximum Gasteiger partial charge on any atom is 0.269 e. The molecule has 0 radical (unpaired) electrons. The van der Waals surface area contributed by atoms with Crippen molar-refractivity contribution in [3.05, 3.63) is 40.3 Å². The van der Waals surface area contributed by atoms with E-state index < -0.39 is 14.9 Å². The smallest absolute Gasteiger partial charge is 0.269 e. The number of aromatic nitrogens is 2. The van der Waals surface area contributed by atoms with Crippen molar-refractivity contribution in [1.82, 2.24) is 14.4 Å². The molecular formula is C14H16N4O5S. The monoisotopic (exact) mass is 352 g/mol. The van der Waals surface area contributed by atoms with Gasteiger partial charge < -0.3 is 4.52 Å². The van der Waals surface area contributed by atoms with Crippen LogP contribution in [0.5, 0.6) is 0 Å². The first-order valence-electron chi connectivity index (χ1n) is 7.38. The summed E-state index contributed by atoms with van der Waals surface area (Å²) >= 11 is 0. The van der Waals surface area contributed by atoms with Gasteiger partial charge in [-0.25, -0.2) is 12.7 Å². The molecule has 1 saturated heterocycles. The Balaban J connectivity index is 1.79. The first-order chi connectivity index (χ1) is 11.3. The van der Waals surface area contributed by atoms with Gasteiger partial charge in [-0.1, -0.05) is 5.16 Å². The lowest BCUT2D eigenvalue weighted by molar-refractivity contribution is -0.384. The molecule has 9 nitrogen and oxygen atoms in total. The van der Waals surface area contributed by atoms with E-state index in [-0.39, 0.29) is 11.6 Å². The van der Waals surface area contributed by atoms with Gasteiger partial charge in [0.15, 0.2) is 0 Å². The van der Waals surface area contributed by atoms with Crippen molar-refractivity contribution < 1.29 is 17.9 Å². The highest BCUT2D eigenvalue weighted by molar-refractivity contribution is 7.88. The van der Waals surface area contributed by atoms with Crippen LogP contribution >= 0.6 is 0 Å². The van der Waals surface area contributed by atoms with Crippen LogP contribution in [-0.4, -0.2) is 47.1 Å². The number of nitrogens with zero attached hydrogens (tertiary/aromatic N) is 4. The molecule has 3 rings (SSSR count). The minimum absolute atomic E-state index is 0.0152. The van der Waals surface area contributed by atoms with E-state index >= 15 is 0 Å². The fraction of sp³-hybridized carbons (Fsp3) is 0.429. The van der Waals surface area contributed by atoms with Gasteiger partial charge in [0.25, 0.3) is 5.69 Å². The minimum atomic E-state index is -3.25. The number of rotatable bonds is 4. The lowest BCUT2D eigenvalue weighted by atomic mass is 10.00. The summed E-state index contributed by atoms with van der Waals surface area (Å²) in [6.07, 6.45) is 2.69. The van der Waals surface area contributed by atoms with Gasteiger partial charge in [-0.05, 0) is 25.0 Å². The molecule has 0 aliphatic carbocycles. The summed E-state index contributed by atoms with van der Waals surface area (Å²) in [5.41, 5.74) is 0.588. The Labute approximate surface area is 138 Å². The van der Waals surface area contributed by atoms with Crippen LogP contribution < -0.4 is 0 Å². The molecule has 1 aromatic heterocycles. The topological polar surface area (TPSA) is 119 Å². The highest BCUT2D eigenvalue weighted by atomic mass is 32.2. The fourth-order valence-corrected chi connectivity index (χ4v) is 3.61. The summed E-state index contributed by atoms with van der Waals surface area (Å²) in [5.74, 6) is 0.570. The summed E-state index contributed by atoms with van der Waals surface area (Å²) in [5, 5.41) is 14.6. The van der Waals surface area contributed by atoms with Gasteiger partial charge in [-0.15, -0.1) is 0 Å². The molecule has 128 valence electrons. The Morgan fingerprint density at radius 1 is 1.33 bits per heavy atom. The molecule has 1 aromatic carbocycles. The van der Waals surface area contributed by atoms with Crippen LogP contribution in [0, 0.1) is 10.1 Å². The van der Waals surface area contributed by atoms with Crippen LogP contribution in [0.4, 0.5) is 5.69 Å². The van der Waals surface area contributed by atoms with Gasteiger partial charge in [0.05, 0.1) is 17.1 Å². The van der Waals surface area contributed by atoms with Crippen LogP contribution in [0.1, 0.15) is 24.7 Å². The molecule has 24 heavy (non-hydrogen) atoms. The molecule has 0 spiro atoms. The number of benzene rings is 1. The van der Waals surface area contributed by atoms with E-state index in [1.165, 1.54) is 22.7 Å². The lowest BCUT2D eigenvalue weighted by Crippen LogP contribution is -2.38. The second-order valence-electron chi connectivity index (χ2n) is 5.72. The summed E-state index contributed by atoms with van der Waals surface area (Å²) in [6, 6.07) is 5.85. The van der Waals surface area contributed by atoms with E-state index in [0.717, 1.165) is 12.8 Å². The normalized spacial score (nSPS) is 19.3. The van der Waals surface area contributed by atoms with Crippen LogP contribution in [0.2, 0.25) is 0 Å². The van der Waals surface area contributed by atoms with Gasteiger partial charge in [0, 0.05) is 30.8 Å². The number of nitro benzene ring substituents is 1. The molecule has 10 heteroatoms.